The van der Waals surface area contributed by atoms with Crippen LogP contribution in [0.2, 0.25) is 0 Å². The van der Waals surface area contributed by atoms with Crippen LogP contribution in [0.4, 0.5) is 0 Å². The number of nitrogens with zero attached hydrogens (tertiary/aromatic N) is 1. The van der Waals surface area contributed by atoms with Crippen LogP contribution in [0.3, 0.4) is 0 Å². The van der Waals surface area contributed by atoms with Gasteiger partial charge in [0, 0.05) is 24.5 Å². The average molecular weight is 289 g/mol. The molecule has 1 aromatic heterocycles. The summed E-state index contributed by atoms with van der Waals surface area (Å²) in [7, 11) is 0. The fraction of sp³-hybridized carbons (Fsp3) is 0.375. The highest BCUT2D eigenvalue weighted by Gasteiger charge is 2.22. The van der Waals surface area contributed by atoms with Crippen LogP contribution in [0.1, 0.15) is 22.1 Å². The van der Waals surface area contributed by atoms with E-state index in [-0.39, 0.29) is 12.7 Å². The van der Waals surface area contributed by atoms with Crippen LogP contribution in [0.5, 0.6) is 0 Å². The molecule has 1 aliphatic rings. The molecule has 2 aromatic rings. The maximum atomic E-state index is 9.06. The Morgan fingerprint density at radius 2 is 2.00 bits per heavy atom. The fourth-order valence-electron chi connectivity index (χ4n) is 2.50. The number of benzene rings is 1. The first-order valence-corrected chi connectivity index (χ1v) is 7.79. The first kappa shape index (κ1) is 13.8. The SMILES string of the molecule is OCc1ccc(CN2CCOC(c3cccs3)C2)cc1. The van der Waals surface area contributed by atoms with Crippen LogP contribution < -0.4 is 0 Å². The van der Waals surface area contributed by atoms with Crippen LogP contribution in [0, 0.1) is 0 Å². The molecule has 0 spiro atoms. The van der Waals surface area contributed by atoms with Gasteiger partial charge in [-0.2, -0.15) is 0 Å². The van der Waals surface area contributed by atoms with Gasteiger partial charge >= 0.3 is 0 Å². The van der Waals surface area contributed by atoms with Crippen molar-refractivity contribution in [2.24, 2.45) is 0 Å². The summed E-state index contributed by atoms with van der Waals surface area (Å²) >= 11 is 1.76. The van der Waals surface area contributed by atoms with Crippen LogP contribution >= 0.6 is 11.3 Å². The molecule has 4 heteroatoms. The maximum Gasteiger partial charge on any atom is 0.104 e. The molecule has 0 amide bonds. The molecule has 1 aromatic carbocycles. The van der Waals surface area contributed by atoms with E-state index in [2.05, 4.69) is 34.5 Å². The maximum absolute atomic E-state index is 9.06. The molecule has 1 fully saturated rings. The van der Waals surface area contributed by atoms with E-state index in [1.54, 1.807) is 11.3 Å². The molecule has 2 heterocycles. The minimum atomic E-state index is 0.109. The molecule has 0 aliphatic carbocycles. The van der Waals surface area contributed by atoms with Crippen molar-refractivity contribution in [3.63, 3.8) is 0 Å². The molecule has 1 N–H and O–H groups in total. The van der Waals surface area contributed by atoms with Crippen LogP contribution in [0.25, 0.3) is 0 Å². The van der Waals surface area contributed by atoms with E-state index in [0.717, 1.165) is 31.8 Å². The van der Waals surface area contributed by atoms with Crippen LogP contribution in [-0.4, -0.2) is 29.7 Å². The van der Waals surface area contributed by atoms with Gasteiger partial charge in [0.2, 0.25) is 0 Å². The average Bonchev–Trinajstić information content (AvgIpc) is 3.03. The number of aliphatic hydroxyl groups is 1. The summed E-state index contributed by atoms with van der Waals surface area (Å²) in [5.74, 6) is 0. The van der Waals surface area contributed by atoms with Gasteiger partial charge in [0.25, 0.3) is 0 Å². The summed E-state index contributed by atoms with van der Waals surface area (Å²) in [5, 5.41) is 11.2. The number of rotatable bonds is 4. The molecule has 3 nitrogen and oxygen atoms in total. The molecule has 3 rings (SSSR count). The summed E-state index contributed by atoms with van der Waals surface area (Å²) in [5.41, 5.74) is 2.25. The van der Waals surface area contributed by atoms with Crippen molar-refractivity contribution >= 4 is 11.3 Å². The van der Waals surface area contributed by atoms with Crippen LogP contribution in [-0.2, 0) is 17.9 Å². The smallest absolute Gasteiger partial charge is 0.104 e. The number of thiophene rings is 1. The van der Waals surface area contributed by atoms with E-state index in [0.29, 0.717) is 0 Å². The highest BCUT2D eigenvalue weighted by atomic mass is 32.1. The summed E-state index contributed by atoms with van der Waals surface area (Å²) in [4.78, 5) is 3.74. The number of hydrogen-bond donors (Lipinski definition) is 1. The molecule has 1 unspecified atom stereocenters. The lowest BCUT2D eigenvalue weighted by Crippen LogP contribution is -2.37. The van der Waals surface area contributed by atoms with Gasteiger partial charge in [-0.15, -0.1) is 11.3 Å². The van der Waals surface area contributed by atoms with Gasteiger partial charge in [0.15, 0.2) is 0 Å². The third-order valence-corrected chi connectivity index (χ3v) is 4.59. The van der Waals surface area contributed by atoms with Crippen molar-refractivity contribution in [1.82, 2.24) is 4.90 Å². The Morgan fingerprint density at radius 1 is 1.20 bits per heavy atom. The van der Waals surface area contributed by atoms with E-state index in [4.69, 9.17) is 9.84 Å². The van der Waals surface area contributed by atoms with Crippen molar-refractivity contribution in [2.75, 3.05) is 19.7 Å². The standard InChI is InChI=1S/C16H19NO2S/c18-12-14-5-3-13(4-6-14)10-17-7-8-19-15(11-17)16-2-1-9-20-16/h1-6,9,15,18H,7-8,10-12H2. The summed E-state index contributed by atoms with van der Waals surface area (Å²) in [6.45, 7) is 3.76. The Hall–Kier alpha value is -1.20. The second kappa shape index (κ2) is 6.50. The highest BCUT2D eigenvalue weighted by Crippen LogP contribution is 2.26. The monoisotopic (exact) mass is 289 g/mol. The van der Waals surface area contributed by atoms with Gasteiger partial charge in [-0.1, -0.05) is 30.3 Å². The number of aliphatic hydroxyl groups excluding tert-OH is 1. The largest absolute Gasteiger partial charge is 0.392 e. The van der Waals surface area contributed by atoms with Crippen molar-refractivity contribution in [3.05, 3.63) is 57.8 Å². The third-order valence-electron chi connectivity index (χ3n) is 3.62. The minimum Gasteiger partial charge on any atom is -0.392 e. The summed E-state index contributed by atoms with van der Waals surface area (Å²) < 4.78 is 5.86. The predicted octanol–water partition coefficient (Wildman–Crippen LogP) is 2.81. The third kappa shape index (κ3) is 3.27. The molecule has 0 saturated carbocycles. The van der Waals surface area contributed by atoms with Crippen molar-refractivity contribution < 1.29 is 9.84 Å². The Kier molecular flexibility index (Phi) is 4.47. The zero-order valence-electron chi connectivity index (χ0n) is 11.4. The fourth-order valence-corrected chi connectivity index (χ4v) is 3.27. The Balaban J connectivity index is 1.62. The molecule has 1 saturated heterocycles. The van der Waals surface area contributed by atoms with Crippen molar-refractivity contribution in [3.8, 4) is 0 Å². The zero-order valence-corrected chi connectivity index (χ0v) is 12.2. The lowest BCUT2D eigenvalue weighted by Gasteiger charge is -2.32. The first-order chi connectivity index (χ1) is 9.85. The second-order valence-electron chi connectivity index (χ2n) is 5.08. The minimum absolute atomic E-state index is 0.109. The highest BCUT2D eigenvalue weighted by molar-refractivity contribution is 7.10. The van der Waals surface area contributed by atoms with Crippen LogP contribution in [0.15, 0.2) is 41.8 Å². The molecular formula is C16H19NO2S. The van der Waals surface area contributed by atoms with Gasteiger partial charge < -0.3 is 9.84 Å². The quantitative estimate of drug-likeness (QED) is 0.939. The Morgan fingerprint density at radius 3 is 2.70 bits per heavy atom. The van der Waals surface area contributed by atoms with E-state index < -0.39 is 0 Å². The molecule has 1 atom stereocenters. The van der Waals surface area contributed by atoms with E-state index in [1.165, 1.54) is 10.4 Å². The van der Waals surface area contributed by atoms with Gasteiger partial charge in [0.1, 0.15) is 6.10 Å². The van der Waals surface area contributed by atoms with Gasteiger partial charge in [0.05, 0.1) is 13.2 Å². The van der Waals surface area contributed by atoms with Gasteiger partial charge in [-0.25, -0.2) is 0 Å². The van der Waals surface area contributed by atoms with E-state index in [1.807, 2.05) is 12.1 Å². The number of ether oxygens (including phenoxy) is 1. The molecule has 0 bridgehead atoms. The van der Waals surface area contributed by atoms with Gasteiger partial charge in [-0.3, -0.25) is 4.90 Å². The first-order valence-electron chi connectivity index (χ1n) is 6.91. The number of hydrogen-bond acceptors (Lipinski definition) is 4. The Labute approximate surface area is 123 Å². The molecule has 106 valence electrons. The topological polar surface area (TPSA) is 32.7 Å². The lowest BCUT2D eigenvalue weighted by atomic mass is 10.1. The van der Waals surface area contributed by atoms with Crippen molar-refractivity contribution in [1.29, 1.82) is 0 Å². The molecule has 20 heavy (non-hydrogen) atoms. The number of morpholine rings is 1. The van der Waals surface area contributed by atoms with Crippen molar-refractivity contribution in [2.45, 2.75) is 19.3 Å². The van der Waals surface area contributed by atoms with E-state index >= 15 is 0 Å². The second-order valence-corrected chi connectivity index (χ2v) is 6.06. The molecular weight excluding hydrogens is 270 g/mol. The van der Waals surface area contributed by atoms with E-state index in [9.17, 15) is 0 Å². The summed E-state index contributed by atoms with van der Waals surface area (Å²) in [6, 6.07) is 12.4. The Bertz CT molecular complexity index is 524. The lowest BCUT2D eigenvalue weighted by molar-refractivity contribution is -0.0311. The molecule has 1 aliphatic heterocycles. The summed E-state index contributed by atoms with van der Waals surface area (Å²) in [6.07, 6.45) is 0.209. The van der Waals surface area contributed by atoms with Gasteiger partial charge in [-0.05, 0) is 22.6 Å². The predicted molar refractivity (Wildman–Crippen MR) is 80.7 cm³/mol. The molecule has 0 radical (unpaired) electrons. The normalized spacial score (nSPS) is 20.1. The zero-order chi connectivity index (χ0) is 13.8.